The molecule has 3 aromatic rings. The van der Waals surface area contributed by atoms with Crippen molar-refractivity contribution in [3.63, 3.8) is 0 Å². The Morgan fingerprint density at radius 3 is 2.88 bits per heavy atom. The molecule has 0 saturated heterocycles. The number of aromatic nitrogens is 3. The number of carbonyl (C=O) groups excluding carboxylic acids is 1. The average molecular weight is 358 g/mol. The van der Waals surface area contributed by atoms with E-state index in [0.29, 0.717) is 17.0 Å². The molecule has 0 unspecified atom stereocenters. The molecule has 0 aliphatic heterocycles. The van der Waals surface area contributed by atoms with Crippen molar-refractivity contribution in [1.29, 1.82) is 0 Å². The molecule has 3 rings (SSSR count). The maximum absolute atomic E-state index is 11.9. The fourth-order valence-corrected chi connectivity index (χ4v) is 3.50. The Morgan fingerprint density at radius 2 is 2.16 bits per heavy atom. The minimum Gasteiger partial charge on any atom is -0.423 e. The summed E-state index contributed by atoms with van der Waals surface area (Å²) < 4.78 is 7.25. The lowest BCUT2D eigenvalue weighted by Crippen LogP contribution is -2.06. The lowest BCUT2D eigenvalue weighted by atomic mass is 10.1. The Labute approximate surface area is 148 Å². The van der Waals surface area contributed by atoms with E-state index in [1.54, 1.807) is 18.5 Å². The molecule has 8 heteroatoms. The maximum atomic E-state index is 11.9. The number of fused-ring (bicyclic) bond motifs is 1. The summed E-state index contributed by atoms with van der Waals surface area (Å²) in [5.74, 6) is 0.383. The highest BCUT2D eigenvalue weighted by molar-refractivity contribution is 7.98. The zero-order chi connectivity index (χ0) is 18.0. The van der Waals surface area contributed by atoms with E-state index in [-0.39, 0.29) is 11.9 Å². The van der Waals surface area contributed by atoms with Crippen molar-refractivity contribution in [2.24, 2.45) is 0 Å². The van der Waals surface area contributed by atoms with Crippen LogP contribution < -0.4 is 10.9 Å². The van der Waals surface area contributed by atoms with E-state index in [2.05, 4.69) is 29.4 Å². The van der Waals surface area contributed by atoms with Crippen LogP contribution in [-0.4, -0.2) is 20.7 Å². The molecule has 2 heterocycles. The number of amides is 1. The number of hydrogen-bond donors (Lipinski definition) is 1. The largest absolute Gasteiger partial charge is 0.423 e. The second kappa shape index (κ2) is 7.10. The molecular weight excluding hydrogens is 340 g/mol. The normalized spacial score (nSPS) is 11.2. The van der Waals surface area contributed by atoms with Crippen molar-refractivity contribution < 1.29 is 9.21 Å². The predicted octanol–water partition coefficient (Wildman–Crippen LogP) is 3.22. The van der Waals surface area contributed by atoms with Crippen molar-refractivity contribution in [1.82, 2.24) is 14.8 Å². The van der Waals surface area contributed by atoms with Gasteiger partial charge in [0.15, 0.2) is 5.16 Å². The number of rotatable bonds is 5. The van der Waals surface area contributed by atoms with Crippen LogP contribution in [0.5, 0.6) is 0 Å². The highest BCUT2D eigenvalue weighted by atomic mass is 32.2. The van der Waals surface area contributed by atoms with Gasteiger partial charge in [-0.15, -0.1) is 10.2 Å². The van der Waals surface area contributed by atoms with Gasteiger partial charge in [-0.3, -0.25) is 4.79 Å². The van der Waals surface area contributed by atoms with Crippen LogP contribution in [0, 0.1) is 0 Å². The van der Waals surface area contributed by atoms with Crippen LogP contribution in [0.1, 0.15) is 32.4 Å². The Morgan fingerprint density at radius 1 is 1.36 bits per heavy atom. The van der Waals surface area contributed by atoms with Crippen molar-refractivity contribution >= 4 is 34.3 Å². The lowest BCUT2D eigenvalue weighted by Gasteiger charge is -2.10. The van der Waals surface area contributed by atoms with Crippen molar-refractivity contribution in [3.8, 4) is 0 Å². The van der Waals surface area contributed by atoms with Crippen molar-refractivity contribution in [2.75, 3.05) is 5.32 Å². The number of anilines is 1. The van der Waals surface area contributed by atoms with Gasteiger partial charge in [0.25, 0.3) is 0 Å². The second-order valence-corrected chi connectivity index (χ2v) is 6.83. The molecule has 1 amide bonds. The molecule has 130 valence electrons. The third-order valence-electron chi connectivity index (χ3n) is 3.60. The van der Waals surface area contributed by atoms with E-state index in [0.717, 1.165) is 16.1 Å². The smallest absolute Gasteiger partial charge is 0.336 e. The molecule has 0 atom stereocenters. The summed E-state index contributed by atoms with van der Waals surface area (Å²) in [6, 6.07) is 7.03. The third kappa shape index (κ3) is 3.90. The van der Waals surface area contributed by atoms with Crippen molar-refractivity contribution in [2.45, 2.75) is 37.7 Å². The van der Waals surface area contributed by atoms with Gasteiger partial charge in [-0.25, -0.2) is 4.79 Å². The zero-order valence-corrected chi connectivity index (χ0v) is 15.0. The zero-order valence-electron chi connectivity index (χ0n) is 14.1. The van der Waals surface area contributed by atoms with Gasteiger partial charge < -0.3 is 14.3 Å². The number of nitrogens with zero attached hydrogens (tertiary/aromatic N) is 3. The molecule has 1 aromatic carbocycles. The molecule has 1 N–H and O–H groups in total. The molecule has 7 nitrogen and oxygen atoms in total. The second-order valence-electron chi connectivity index (χ2n) is 5.89. The molecule has 2 aromatic heterocycles. The van der Waals surface area contributed by atoms with Gasteiger partial charge in [0, 0.05) is 41.9 Å². The first kappa shape index (κ1) is 17.2. The first-order valence-electron chi connectivity index (χ1n) is 7.80. The summed E-state index contributed by atoms with van der Waals surface area (Å²) >= 11 is 1.51. The van der Waals surface area contributed by atoms with Gasteiger partial charge in [0.2, 0.25) is 5.91 Å². The van der Waals surface area contributed by atoms with E-state index < -0.39 is 5.63 Å². The number of carbonyl (C=O) groups is 1. The molecule has 0 aliphatic carbocycles. The molecule has 25 heavy (non-hydrogen) atoms. The van der Waals surface area contributed by atoms with Crippen LogP contribution >= 0.6 is 11.8 Å². The third-order valence-corrected chi connectivity index (χ3v) is 4.61. The maximum Gasteiger partial charge on any atom is 0.336 e. The first-order chi connectivity index (χ1) is 11.9. The highest BCUT2D eigenvalue weighted by Crippen LogP contribution is 2.28. The minimum absolute atomic E-state index is 0.179. The van der Waals surface area contributed by atoms with Gasteiger partial charge in [-0.05, 0) is 31.5 Å². The van der Waals surface area contributed by atoms with E-state index in [4.69, 9.17) is 4.42 Å². The quantitative estimate of drug-likeness (QED) is 0.556. The lowest BCUT2D eigenvalue weighted by molar-refractivity contribution is -0.114. The standard InChI is InChI=1S/C17H18N4O3S/c1-10(2)21-9-18-20-17(21)25-8-12-6-16(23)24-15-7-13(19-11(3)22)4-5-14(12)15/h4-7,9-10H,8H2,1-3H3,(H,19,22). The number of thioether (sulfide) groups is 1. The van der Waals surface area contributed by atoms with Crippen LogP contribution in [0.3, 0.4) is 0 Å². The summed E-state index contributed by atoms with van der Waals surface area (Å²) in [5, 5.41) is 12.4. The topological polar surface area (TPSA) is 90.0 Å². The summed E-state index contributed by atoms with van der Waals surface area (Å²) in [6.45, 7) is 5.55. The van der Waals surface area contributed by atoms with Crippen LogP contribution in [0.25, 0.3) is 11.0 Å². The summed E-state index contributed by atoms with van der Waals surface area (Å²) in [5.41, 5.74) is 1.46. The van der Waals surface area contributed by atoms with Crippen LogP contribution in [0.2, 0.25) is 0 Å². The van der Waals surface area contributed by atoms with Crippen LogP contribution in [0.4, 0.5) is 5.69 Å². The number of benzene rings is 1. The van der Waals surface area contributed by atoms with Gasteiger partial charge in [0.05, 0.1) is 0 Å². The highest BCUT2D eigenvalue weighted by Gasteiger charge is 2.12. The monoisotopic (exact) mass is 358 g/mol. The molecular formula is C17H18N4O3S. The Kier molecular flexibility index (Phi) is 4.89. The number of hydrogen-bond acceptors (Lipinski definition) is 6. The SMILES string of the molecule is CC(=O)Nc1ccc2c(CSc3nncn3C(C)C)cc(=O)oc2c1. The van der Waals surface area contributed by atoms with Crippen LogP contribution in [0.15, 0.2) is 45.0 Å². The van der Waals surface area contributed by atoms with Crippen molar-refractivity contribution in [3.05, 3.63) is 46.6 Å². The van der Waals surface area contributed by atoms with E-state index in [9.17, 15) is 9.59 Å². The van der Waals surface area contributed by atoms with Crippen LogP contribution in [-0.2, 0) is 10.5 Å². The molecule has 0 fully saturated rings. The summed E-state index contributed by atoms with van der Waals surface area (Å²) in [4.78, 5) is 23.1. The average Bonchev–Trinajstić information content (AvgIpc) is 3.00. The fraction of sp³-hybridized carbons (Fsp3) is 0.294. The van der Waals surface area contributed by atoms with E-state index in [1.165, 1.54) is 24.8 Å². The van der Waals surface area contributed by atoms with E-state index in [1.807, 2.05) is 10.6 Å². The fourth-order valence-electron chi connectivity index (χ4n) is 2.46. The molecule has 0 spiro atoms. The molecule has 0 aliphatic rings. The summed E-state index contributed by atoms with van der Waals surface area (Å²) in [7, 11) is 0. The Balaban J connectivity index is 1.91. The van der Waals surface area contributed by atoms with Gasteiger partial charge in [-0.2, -0.15) is 0 Å². The summed E-state index contributed by atoms with van der Waals surface area (Å²) in [6.07, 6.45) is 1.70. The Bertz CT molecular complexity index is 977. The minimum atomic E-state index is -0.423. The van der Waals surface area contributed by atoms with Gasteiger partial charge >= 0.3 is 5.63 Å². The van der Waals surface area contributed by atoms with Gasteiger partial charge in [-0.1, -0.05) is 11.8 Å². The van der Waals surface area contributed by atoms with E-state index >= 15 is 0 Å². The molecule has 0 saturated carbocycles. The van der Waals surface area contributed by atoms with Gasteiger partial charge in [0.1, 0.15) is 11.9 Å². The predicted molar refractivity (Wildman–Crippen MR) is 96.8 cm³/mol. The Hall–Kier alpha value is -2.61. The number of nitrogens with one attached hydrogen (secondary N) is 1. The molecule has 0 bridgehead atoms. The molecule has 0 radical (unpaired) electrons. The first-order valence-corrected chi connectivity index (χ1v) is 8.79.